The third-order valence-electron chi connectivity index (χ3n) is 4.61. The van der Waals surface area contributed by atoms with Crippen molar-refractivity contribution >= 4 is 17.0 Å². The topological polar surface area (TPSA) is 47.1 Å². The van der Waals surface area contributed by atoms with E-state index in [0.717, 1.165) is 18.0 Å². The van der Waals surface area contributed by atoms with Crippen molar-refractivity contribution in [3.63, 3.8) is 0 Å². The normalized spacial score (nSPS) is 17.9. The van der Waals surface area contributed by atoms with E-state index in [1.54, 1.807) is 0 Å². The molecule has 2 aromatic rings. The smallest absolute Gasteiger partial charge is 0.201 e. The van der Waals surface area contributed by atoms with E-state index in [2.05, 4.69) is 46.5 Å². The molecule has 108 valence electrons. The molecular weight excluding hydrogens is 248 g/mol. The molecule has 0 saturated carbocycles. The predicted octanol–water partition coefficient (Wildman–Crippen LogP) is 2.66. The van der Waals surface area contributed by atoms with E-state index in [9.17, 15) is 0 Å². The number of nitrogen functional groups attached to an aromatic ring is 1. The van der Waals surface area contributed by atoms with Gasteiger partial charge in [0.1, 0.15) is 0 Å². The van der Waals surface area contributed by atoms with Gasteiger partial charge in [-0.25, -0.2) is 4.98 Å². The first kappa shape index (κ1) is 13.4. The second kappa shape index (κ2) is 5.44. The van der Waals surface area contributed by atoms with E-state index in [0.29, 0.717) is 5.95 Å². The monoisotopic (exact) mass is 272 g/mol. The van der Waals surface area contributed by atoms with Crippen molar-refractivity contribution in [2.75, 3.05) is 25.4 Å². The number of nitrogens with zero attached hydrogens (tertiary/aromatic N) is 3. The number of hydrogen-bond donors (Lipinski definition) is 1. The number of aromatic nitrogens is 2. The molecule has 0 spiro atoms. The fourth-order valence-electron chi connectivity index (χ4n) is 3.24. The molecule has 1 saturated heterocycles. The van der Waals surface area contributed by atoms with E-state index < -0.39 is 0 Å². The highest BCUT2D eigenvalue weighted by atomic mass is 15.2. The zero-order valence-electron chi connectivity index (χ0n) is 12.5. The van der Waals surface area contributed by atoms with Gasteiger partial charge in [0.15, 0.2) is 0 Å². The van der Waals surface area contributed by atoms with Crippen LogP contribution in [0.2, 0.25) is 0 Å². The highest BCUT2D eigenvalue weighted by molar-refractivity contribution is 5.81. The van der Waals surface area contributed by atoms with Crippen LogP contribution in [0.1, 0.15) is 25.3 Å². The summed E-state index contributed by atoms with van der Waals surface area (Å²) < 4.78 is 2.20. The molecule has 0 aliphatic carbocycles. The van der Waals surface area contributed by atoms with Crippen LogP contribution in [-0.2, 0) is 6.54 Å². The number of para-hydroxylation sites is 1. The van der Waals surface area contributed by atoms with Crippen LogP contribution < -0.4 is 5.73 Å². The van der Waals surface area contributed by atoms with Crippen molar-refractivity contribution in [2.45, 2.75) is 33.2 Å². The Morgan fingerprint density at radius 2 is 2.05 bits per heavy atom. The Kier molecular flexibility index (Phi) is 3.66. The van der Waals surface area contributed by atoms with E-state index in [4.69, 9.17) is 5.73 Å². The van der Waals surface area contributed by atoms with Crippen molar-refractivity contribution in [3.05, 3.63) is 23.8 Å². The lowest BCUT2D eigenvalue weighted by Crippen LogP contribution is -2.34. The average Bonchev–Trinajstić information content (AvgIpc) is 2.78. The van der Waals surface area contributed by atoms with Gasteiger partial charge in [-0.2, -0.15) is 0 Å². The SMILES string of the molecule is CCN1CCC(Cn2c(N)nc3c(C)cccc32)CC1. The molecule has 0 bridgehead atoms. The van der Waals surface area contributed by atoms with Crippen LogP contribution >= 0.6 is 0 Å². The van der Waals surface area contributed by atoms with Crippen molar-refractivity contribution in [1.29, 1.82) is 0 Å². The van der Waals surface area contributed by atoms with Gasteiger partial charge in [-0.3, -0.25) is 0 Å². The van der Waals surface area contributed by atoms with Gasteiger partial charge in [0, 0.05) is 6.54 Å². The van der Waals surface area contributed by atoms with E-state index >= 15 is 0 Å². The van der Waals surface area contributed by atoms with E-state index in [1.807, 2.05) is 0 Å². The molecule has 2 N–H and O–H groups in total. The number of piperidine rings is 1. The van der Waals surface area contributed by atoms with Crippen LogP contribution in [0.5, 0.6) is 0 Å². The standard InChI is InChI=1S/C16H24N4/c1-3-19-9-7-13(8-10-19)11-20-14-6-4-5-12(2)15(14)18-16(20)17/h4-6,13H,3,7-11H2,1-2H3,(H2,17,18). The fraction of sp³-hybridized carbons (Fsp3) is 0.562. The number of hydrogen-bond acceptors (Lipinski definition) is 3. The zero-order chi connectivity index (χ0) is 14.1. The highest BCUT2D eigenvalue weighted by Gasteiger charge is 2.20. The molecule has 4 nitrogen and oxygen atoms in total. The molecule has 4 heteroatoms. The number of benzene rings is 1. The van der Waals surface area contributed by atoms with Crippen LogP contribution in [0.3, 0.4) is 0 Å². The summed E-state index contributed by atoms with van der Waals surface area (Å²) in [5, 5.41) is 0. The maximum absolute atomic E-state index is 6.13. The lowest BCUT2D eigenvalue weighted by Gasteiger charge is -2.31. The van der Waals surface area contributed by atoms with Crippen LogP contribution in [0, 0.1) is 12.8 Å². The maximum Gasteiger partial charge on any atom is 0.201 e. The number of nitrogens with two attached hydrogens (primary N) is 1. The van der Waals surface area contributed by atoms with Crippen molar-refractivity contribution in [1.82, 2.24) is 14.5 Å². The molecule has 1 aromatic carbocycles. The summed E-state index contributed by atoms with van der Waals surface area (Å²) in [5.41, 5.74) is 9.57. The average molecular weight is 272 g/mol. The van der Waals surface area contributed by atoms with Gasteiger partial charge in [0.2, 0.25) is 5.95 Å². The van der Waals surface area contributed by atoms with Gasteiger partial charge < -0.3 is 15.2 Å². The lowest BCUT2D eigenvalue weighted by atomic mass is 9.96. The molecule has 0 amide bonds. The first-order valence-corrected chi connectivity index (χ1v) is 7.62. The summed E-state index contributed by atoms with van der Waals surface area (Å²) in [5.74, 6) is 1.38. The number of imidazole rings is 1. The van der Waals surface area contributed by atoms with Crippen molar-refractivity contribution in [2.24, 2.45) is 5.92 Å². The molecule has 1 fully saturated rings. The van der Waals surface area contributed by atoms with Gasteiger partial charge >= 0.3 is 0 Å². The Morgan fingerprint density at radius 3 is 2.75 bits per heavy atom. The molecule has 0 atom stereocenters. The second-order valence-electron chi connectivity index (χ2n) is 5.90. The van der Waals surface area contributed by atoms with Gasteiger partial charge in [0.05, 0.1) is 11.0 Å². The fourth-order valence-corrected chi connectivity index (χ4v) is 3.24. The minimum atomic E-state index is 0.659. The third-order valence-corrected chi connectivity index (χ3v) is 4.61. The molecule has 2 heterocycles. The number of aryl methyl sites for hydroxylation is 1. The van der Waals surface area contributed by atoms with E-state index in [-0.39, 0.29) is 0 Å². The summed E-state index contributed by atoms with van der Waals surface area (Å²) in [6.45, 7) is 8.94. The number of anilines is 1. The Balaban J connectivity index is 1.81. The summed E-state index contributed by atoms with van der Waals surface area (Å²) in [7, 11) is 0. The molecular formula is C16H24N4. The summed E-state index contributed by atoms with van der Waals surface area (Å²) in [4.78, 5) is 7.06. The molecule has 20 heavy (non-hydrogen) atoms. The largest absolute Gasteiger partial charge is 0.369 e. The number of likely N-dealkylation sites (tertiary alicyclic amines) is 1. The molecule has 0 unspecified atom stereocenters. The predicted molar refractivity (Wildman–Crippen MR) is 83.7 cm³/mol. The highest BCUT2D eigenvalue weighted by Crippen LogP contribution is 2.25. The molecule has 0 radical (unpaired) electrons. The van der Waals surface area contributed by atoms with Gasteiger partial charge in [0.25, 0.3) is 0 Å². The van der Waals surface area contributed by atoms with Crippen molar-refractivity contribution in [3.8, 4) is 0 Å². The van der Waals surface area contributed by atoms with Crippen LogP contribution in [0.15, 0.2) is 18.2 Å². The van der Waals surface area contributed by atoms with Crippen molar-refractivity contribution < 1.29 is 0 Å². The Hall–Kier alpha value is -1.55. The molecule has 1 aromatic heterocycles. The van der Waals surface area contributed by atoms with Gasteiger partial charge in [-0.15, -0.1) is 0 Å². The van der Waals surface area contributed by atoms with Gasteiger partial charge in [-0.05, 0) is 56.9 Å². The maximum atomic E-state index is 6.13. The summed E-state index contributed by atoms with van der Waals surface area (Å²) >= 11 is 0. The quantitative estimate of drug-likeness (QED) is 0.934. The Morgan fingerprint density at radius 1 is 1.30 bits per heavy atom. The number of rotatable bonds is 3. The Bertz CT molecular complexity index is 594. The summed E-state index contributed by atoms with van der Waals surface area (Å²) in [6, 6.07) is 6.32. The minimum Gasteiger partial charge on any atom is -0.369 e. The lowest BCUT2D eigenvalue weighted by molar-refractivity contribution is 0.182. The molecule has 1 aliphatic heterocycles. The van der Waals surface area contributed by atoms with Crippen LogP contribution in [-0.4, -0.2) is 34.1 Å². The first-order chi connectivity index (χ1) is 9.69. The summed E-state index contributed by atoms with van der Waals surface area (Å²) in [6.07, 6.45) is 2.53. The van der Waals surface area contributed by atoms with E-state index in [1.165, 1.54) is 43.6 Å². The van der Waals surface area contributed by atoms with Gasteiger partial charge in [-0.1, -0.05) is 19.1 Å². The first-order valence-electron chi connectivity index (χ1n) is 7.62. The number of fused-ring (bicyclic) bond motifs is 1. The second-order valence-corrected chi connectivity index (χ2v) is 5.90. The van der Waals surface area contributed by atoms with Crippen LogP contribution in [0.25, 0.3) is 11.0 Å². The zero-order valence-corrected chi connectivity index (χ0v) is 12.5. The van der Waals surface area contributed by atoms with Crippen LogP contribution in [0.4, 0.5) is 5.95 Å². The molecule has 1 aliphatic rings. The molecule has 3 rings (SSSR count). The third kappa shape index (κ3) is 2.40. The Labute approximate surface area is 120 Å². The minimum absolute atomic E-state index is 0.659.